The minimum atomic E-state index is 0.349. The van der Waals surface area contributed by atoms with E-state index in [4.69, 9.17) is 11.6 Å². The van der Waals surface area contributed by atoms with Crippen molar-refractivity contribution >= 4 is 11.6 Å². The van der Waals surface area contributed by atoms with Gasteiger partial charge in [0.2, 0.25) is 0 Å². The lowest BCUT2D eigenvalue weighted by atomic mass is 9.92. The van der Waals surface area contributed by atoms with Crippen LogP contribution in [0.5, 0.6) is 0 Å². The Morgan fingerprint density at radius 2 is 1.60 bits per heavy atom. The van der Waals surface area contributed by atoms with Crippen LogP contribution in [0.2, 0.25) is 5.02 Å². The van der Waals surface area contributed by atoms with Gasteiger partial charge in [-0.15, -0.1) is 0 Å². The van der Waals surface area contributed by atoms with Crippen LogP contribution in [0.3, 0.4) is 0 Å². The molecule has 0 aliphatic rings. The van der Waals surface area contributed by atoms with Crippen molar-refractivity contribution in [2.24, 2.45) is 0 Å². The van der Waals surface area contributed by atoms with Gasteiger partial charge in [0, 0.05) is 11.1 Å². The van der Waals surface area contributed by atoms with E-state index in [1.54, 1.807) is 0 Å². The van der Waals surface area contributed by atoms with E-state index in [1.807, 2.05) is 12.1 Å². The van der Waals surface area contributed by atoms with Gasteiger partial charge in [0.1, 0.15) is 0 Å². The number of nitrogens with one attached hydrogen (secondary N) is 1. The largest absolute Gasteiger partial charge is 0.310 e. The van der Waals surface area contributed by atoms with Crippen LogP contribution in [0, 0.1) is 13.8 Å². The third-order valence-electron chi connectivity index (χ3n) is 3.69. The molecule has 1 unspecified atom stereocenters. The predicted octanol–water partition coefficient (Wildman–Crippen LogP) is 4.85. The highest BCUT2D eigenvalue weighted by atomic mass is 35.5. The van der Waals surface area contributed by atoms with E-state index in [0.717, 1.165) is 18.0 Å². The fourth-order valence-corrected chi connectivity index (χ4v) is 2.88. The second-order valence-electron chi connectivity index (χ2n) is 5.25. The number of hydrogen-bond donors (Lipinski definition) is 1. The van der Waals surface area contributed by atoms with Crippen LogP contribution in [0.1, 0.15) is 35.2 Å². The molecule has 0 saturated heterocycles. The van der Waals surface area contributed by atoms with Crippen molar-refractivity contribution in [3.05, 3.63) is 69.7 Å². The Balaban J connectivity index is 2.29. The molecule has 2 aromatic rings. The predicted molar refractivity (Wildman–Crippen MR) is 87.5 cm³/mol. The molecule has 0 amide bonds. The van der Waals surface area contributed by atoms with Gasteiger partial charge in [-0.3, -0.25) is 0 Å². The number of hydrogen-bond acceptors (Lipinski definition) is 1. The second-order valence-corrected chi connectivity index (χ2v) is 5.68. The normalized spacial score (nSPS) is 12.4. The summed E-state index contributed by atoms with van der Waals surface area (Å²) in [6.45, 7) is 7.50. The van der Waals surface area contributed by atoms with E-state index < -0.39 is 0 Å². The minimum absolute atomic E-state index is 0.349. The summed E-state index contributed by atoms with van der Waals surface area (Å²) in [6.07, 6.45) is 0.983. The van der Waals surface area contributed by atoms with Crippen LogP contribution in [-0.4, -0.2) is 6.54 Å². The maximum absolute atomic E-state index is 5.96. The minimum Gasteiger partial charge on any atom is -0.310 e. The van der Waals surface area contributed by atoms with Crippen LogP contribution in [0.25, 0.3) is 0 Å². The number of rotatable bonds is 5. The smallest absolute Gasteiger partial charge is 0.0406 e. The maximum atomic E-state index is 5.96. The topological polar surface area (TPSA) is 12.0 Å². The van der Waals surface area contributed by atoms with Crippen molar-refractivity contribution in [3.8, 4) is 0 Å². The molecule has 0 aliphatic carbocycles. The standard InChI is InChI=1S/C18H22ClN/c1-4-20-17(12-15-8-10-16(19)11-9-15)18-13(2)6-5-7-14(18)3/h5-11,17,20H,4,12H2,1-3H3. The molecule has 0 heterocycles. The van der Waals surface area contributed by atoms with Crippen molar-refractivity contribution in [2.45, 2.75) is 33.2 Å². The van der Waals surface area contributed by atoms with E-state index in [9.17, 15) is 0 Å². The van der Waals surface area contributed by atoms with Gasteiger partial charge in [0.05, 0.1) is 0 Å². The summed E-state index contributed by atoms with van der Waals surface area (Å²) >= 11 is 5.96. The van der Waals surface area contributed by atoms with Crippen molar-refractivity contribution in [3.63, 3.8) is 0 Å². The number of benzene rings is 2. The van der Waals surface area contributed by atoms with Gasteiger partial charge >= 0.3 is 0 Å². The van der Waals surface area contributed by atoms with E-state index in [1.165, 1.54) is 22.3 Å². The lowest BCUT2D eigenvalue weighted by Crippen LogP contribution is -2.24. The van der Waals surface area contributed by atoms with E-state index >= 15 is 0 Å². The Kier molecular flexibility index (Phi) is 5.22. The van der Waals surface area contributed by atoms with E-state index in [0.29, 0.717) is 6.04 Å². The zero-order valence-electron chi connectivity index (χ0n) is 12.4. The third-order valence-corrected chi connectivity index (χ3v) is 3.95. The monoisotopic (exact) mass is 287 g/mol. The molecule has 0 aliphatic heterocycles. The first-order valence-corrected chi connectivity index (χ1v) is 7.53. The van der Waals surface area contributed by atoms with E-state index in [2.05, 4.69) is 56.4 Å². The Bertz CT molecular complexity index is 540. The van der Waals surface area contributed by atoms with Crippen molar-refractivity contribution < 1.29 is 0 Å². The summed E-state index contributed by atoms with van der Waals surface area (Å²) in [5, 5.41) is 4.40. The molecule has 2 heteroatoms. The fourth-order valence-electron chi connectivity index (χ4n) is 2.76. The summed E-state index contributed by atoms with van der Waals surface area (Å²) < 4.78 is 0. The molecule has 2 rings (SSSR count). The van der Waals surface area contributed by atoms with Crippen molar-refractivity contribution in [2.75, 3.05) is 6.54 Å². The Morgan fingerprint density at radius 1 is 1.00 bits per heavy atom. The zero-order chi connectivity index (χ0) is 14.5. The van der Waals surface area contributed by atoms with Crippen LogP contribution in [0.4, 0.5) is 0 Å². The van der Waals surface area contributed by atoms with Crippen LogP contribution >= 0.6 is 11.6 Å². The first-order chi connectivity index (χ1) is 9.61. The molecule has 20 heavy (non-hydrogen) atoms. The van der Waals surface area contributed by atoms with Gasteiger partial charge in [-0.25, -0.2) is 0 Å². The Morgan fingerprint density at radius 3 is 2.15 bits per heavy atom. The Labute approximate surface area is 127 Å². The van der Waals surface area contributed by atoms with Gasteiger partial charge in [0.25, 0.3) is 0 Å². The highest BCUT2D eigenvalue weighted by molar-refractivity contribution is 6.30. The molecule has 0 aromatic heterocycles. The molecule has 2 aromatic carbocycles. The zero-order valence-corrected chi connectivity index (χ0v) is 13.2. The lowest BCUT2D eigenvalue weighted by Gasteiger charge is -2.22. The molecular formula is C18H22ClN. The highest BCUT2D eigenvalue weighted by Gasteiger charge is 2.15. The van der Waals surface area contributed by atoms with Crippen molar-refractivity contribution in [1.29, 1.82) is 0 Å². The Hall–Kier alpha value is -1.31. The summed E-state index contributed by atoms with van der Waals surface area (Å²) in [5.41, 5.74) is 5.43. The first kappa shape index (κ1) is 15.1. The second kappa shape index (κ2) is 6.92. The molecule has 0 spiro atoms. The molecule has 1 nitrogen and oxygen atoms in total. The molecular weight excluding hydrogens is 266 g/mol. The molecule has 1 atom stereocenters. The summed E-state index contributed by atoms with van der Waals surface area (Å²) in [6, 6.07) is 15.0. The molecule has 0 fully saturated rings. The summed E-state index contributed by atoms with van der Waals surface area (Å²) in [4.78, 5) is 0. The summed E-state index contributed by atoms with van der Waals surface area (Å²) in [5.74, 6) is 0. The average Bonchev–Trinajstić information content (AvgIpc) is 2.41. The van der Waals surface area contributed by atoms with Gasteiger partial charge in [-0.2, -0.15) is 0 Å². The summed E-state index contributed by atoms with van der Waals surface area (Å²) in [7, 11) is 0. The lowest BCUT2D eigenvalue weighted by molar-refractivity contribution is 0.545. The van der Waals surface area contributed by atoms with Crippen LogP contribution in [0.15, 0.2) is 42.5 Å². The molecule has 0 bridgehead atoms. The molecule has 1 N–H and O–H groups in total. The highest BCUT2D eigenvalue weighted by Crippen LogP contribution is 2.25. The number of aryl methyl sites for hydroxylation is 2. The van der Waals surface area contributed by atoms with Crippen LogP contribution < -0.4 is 5.32 Å². The van der Waals surface area contributed by atoms with Gasteiger partial charge in [0.15, 0.2) is 0 Å². The van der Waals surface area contributed by atoms with Crippen molar-refractivity contribution in [1.82, 2.24) is 5.32 Å². The maximum Gasteiger partial charge on any atom is 0.0406 e. The van der Waals surface area contributed by atoms with Gasteiger partial charge in [-0.1, -0.05) is 48.9 Å². The molecule has 0 saturated carbocycles. The first-order valence-electron chi connectivity index (χ1n) is 7.15. The molecule has 106 valence electrons. The van der Waals surface area contributed by atoms with Gasteiger partial charge < -0.3 is 5.32 Å². The fraction of sp³-hybridized carbons (Fsp3) is 0.333. The van der Waals surface area contributed by atoms with E-state index in [-0.39, 0.29) is 0 Å². The molecule has 0 radical (unpaired) electrons. The SMILES string of the molecule is CCNC(Cc1ccc(Cl)cc1)c1c(C)cccc1C. The van der Waals surface area contributed by atoms with Gasteiger partial charge in [-0.05, 0) is 61.2 Å². The third kappa shape index (κ3) is 3.62. The number of likely N-dealkylation sites (N-methyl/N-ethyl adjacent to an activating group) is 1. The average molecular weight is 288 g/mol. The quantitative estimate of drug-likeness (QED) is 0.829. The van der Waals surface area contributed by atoms with Crippen LogP contribution in [-0.2, 0) is 6.42 Å². The number of halogens is 1.